The van der Waals surface area contributed by atoms with Crippen LogP contribution in [0.25, 0.3) is 0 Å². The van der Waals surface area contributed by atoms with Gasteiger partial charge in [0.15, 0.2) is 17.9 Å². The Labute approximate surface area is 141 Å². The van der Waals surface area contributed by atoms with Crippen LogP contribution in [0, 0.1) is 11.8 Å². The van der Waals surface area contributed by atoms with Gasteiger partial charge >= 0.3 is 5.97 Å². The largest absolute Gasteiger partial charge is 0.465 e. The number of carbonyl (C=O) groups excluding carboxylic acids is 2. The lowest BCUT2D eigenvalue weighted by Gasteiger charge is -2.34. The highest BCUT2D eigenvalue weighted by Gasteiger charge is 2.58. The molecule has 3 aliphatic rings. The van der Waals surface area contributed by atoms with Gasteiger partial charge in [-0.1, -0.05) is 6.08 Å². The summed E-state index contributed by atoms with van der Waals surface area (Å²) in [4.78, 5) is 24.6. The zero-order valence-corrected chi connectivity index (χ0v) is 14.4. The highest BCUT2D eigenvalue weighted by Crippen LogP contribution is 2.43. The number of allylic oxidation sites excluding steroid dienone is 2. The fraction of sp³-hybridized carbons (Fsp3) is 0.765. The van der Waals surface area contributed by atoms with E-state index in [0.29, 0.717) is 6.42 Å². The molecule has 7 nitrogen and oxygen atoms in total. The normalized spacial score (nSPS) is 40.6. The molecular formula is C17H24O7. The van der Waals surface area contributed by atoms with Crippen LogP contribution in [0.5, 0.6) is 0 Å². The second-order valence-corrected chi connectivity index (χ2v) is 6.70. The van der Waals surface area contributed by atoms with Gasteiger partial charge in [0, 0.05) is 13.0 Å². The first kappa shape index (κ1) is 17.5. The zero-order valence-electron chi connectivity index (χ0n) is 14.4. The van der Waals surface area contributed by atoms with Crippen molar-refractivity contribution >= 4 is 11.8 Å². The third-order valence-electron chi connectivity index (χ3n) is 4.69. The number of hydrogen-bond acceptors (Lipinski definition) is 7. The van der Waals surface area contributed by atoms with Gasteiger partial charge in [0.2, 0.25) is 0 Å². The van der Waals surface area contributed by atoms with Crippen molar-refractivity contribution in [3.63, 3.8) is 0 Å². The summed E-state index contributed by atoms with van der Waals surface area (Å²) in [5.41, 5.74) is 0. The Morgan fingerprint density at radius 2 is 2.08 bits per heavy atom. The number of ether oxygens (including phenoxy) is 5. The topological polar surface area (TPSA) is 80.3 Å². The SMILES string of the molecule is CCOC(=O)[C@H]1C(=O)C=CC[C@H]1[C@H]1O[C@@H]2OC(C)(C)OC2C1OC. The van der Waals surface area contributed by atoms with E-state index in [2.05, 4.69) is 0 Å². The average molecular weight is 340 g/mol. The lowest BCUT2D eigenvalue weighted by molar-refractivity contribution is -0.225. The van der Waals surface area contributed by atoms with Crippen LogP contribution in [-0.4, -0.2) is 55.9 Å². The van der Waals surface area contributed by atoms with E-state index in [1.807, 2.05) is 13.8 Å². The quantitative estimate of drug-likeness (QED) is 0.562. The molecule has 2 saturated heterocycles. The molecule has 2 fully saturated rings. The minimum Gasteiger partial charge on any atom is -0.465 e. The Bertz CT molecular complexity index is 541. The molecule has 24 heavy (non-hydrogen) atoms. The van der Waals surface area contributed by atoms with Crippen LogP contribution >= 0.6 is 0 Å². The molecule has 0 radical (unpaired) electrons. The van der Waals surface area contributed by atoms with Crippen molar-refractivity contribution in [3.05, 3.63) is 12.2 Å². The van der Waals surface area contributed by atoms with E-state index in [4.69, 9.17) is 23.7 Å². The van der Waals surface area contributed by atoms with Crippen LogP contribution in [-0.2, 0) is 33.3 Å². The Hall–Kier alpha value is -1.28. The standard InChI is InChI=1S/C17H24O7/c1-5-21-15(19)11-9(7-6-8-10(11)18)12-13(20-4)14-16(22-12)24-17(2,3)23-14/h6,8-9,11-14,16H,5,7H2,1-4H3/t9-,11-,12-,13?,14?,16-/m1/s1. The van der Waals surface area contributed by atoms with E-state index in [0.717, 1.165) is 0 Å². The summed E-state index contributed by atoms with van der Waals surface area (Å²) in [5.74, 6) is -2.78. The van der Waals surface area contributed by atoms with Crippen LogP contribution in [0.2, 0.25) is 0 Å². The van der Waals surface area contributed by atoms with E-state index >= 15 is 0 Å². The molecule has 0 saturated carbocycles. The minimum absolute atomic E-state index is 0.226. The molecule has 6 atom stereocenters. The Morgan fingerprint density at radius 3 is 2.75 bits per heavy atom. The molecule has 0 aromatic heterocycles. The number of fused-ring (bicyclic) bond motifs is 1. The fourth-order valence-electron chi connectivity index (χ4n) is 3.76. The summed E-state index contributed by atoms with van der Waals surface area (Å²) in [5, 5.41) is 0. The van der Waals surface area contributed by atoms with Crippen molar-refractivity contribution in [2.24, 2.45) is 11.8 Å². The van der Waals surface area contributed by atoms with E-state index in [9.17, 15) is 9.59 Å². The molecule has 7 heteroatoms. The molecule has 1 aliphatic carbocycles. The lowest BCUT2D eigenvalue weighted by atomic mass is 9.77. The molecule has 2 heterocycles. The van der Waals surface area contributed by atoms with Gasteiger partial charge < -0.3 is 23.7 Å². The summed E-state index contributed by atoms with van der Waals surface area (Å²) in [7, 11) is 1.57. The molecule has 0 bridgehead atoms. The minimum atomic E-state index is -0.885. The summed E-state index contributed by atoms with van der Waals surface area (Å²) in [6.07, 6.45) is 1.87. The molecule has 0 N–H and O–H groups in total. The number of ketones is 1. The van der Waals surface area contributed by atoms with E-state index in [1.165, 1.54) is 6.08 Å². The molecule has 134 valence electrons. The second-order valence-electron chi connectivity index (χ2n) is 6.70. The smallest absolute Gasteiger partial charge is 0.317 e. The highest BCUT2D eigenvalue weighted by atomic mass is 16.8. The Morgan fingerprint density at radius 1 is 1.33 bits per heavy atom. The summed E-state index contributed by atoms with van der Waals surface area (Å²) in [6.45, 7) is 5.56. The molecule has 0 spiro atoms. The summed E-state index contributed by atoms with van der Waals surface area (Å²) in [6, 6.07) is 0. The van der Waals surface area contributed by atoms with Crippen molar-refractivity contribution < 1.29 is 33.3 Å². The number of esters is 1. The van der Waals surface area contributed by atoms with Gasteiger partial charge in [0.1, 0.15) is 18.1 Å². The number of carbonyl (C=O) groups is 2. The molecule has 3 rings (SSSR count). The maximum atomic E-state index is 12.3. The average Bonchev–Trinajstić information content (AvgIpc) is 2.98. The molecule has 0 amide bonds. The predicted molar refractivity (Wildman–Crippen MR) is 81.9 cm³/mol. The van der Waals surface area contributed by atoms with Gasteiger partial charge in [-0.25, -0.2) is 0 Å². The van der Waals surface area contributed by atoms with Crippen LogP contribution in [0.15, 0.2) is 12.2 Å². The fourth-order valence-corrected chi connectivity index (χ4v) is 3.76. The van der Waals surface area contributed by atoms with Gasteiger partial charge in [-0.2, -0.15) is 0 Å². The first-order valence-electron chi connectivity index (χ1n) is 8.29. The second kappa shape index (κ2) is 6.55. The van der Waals surface area contributed by atoms with Gasteiger partial charge in [0.05, 0.1) is 12.7 Å². The van der Waals surface area contributed by atoms with Gasteiger partial charge in [0.25, 0.3) is 0 Å². The van der Waals surface area contributed by atoms with E-state index in [1.54, 1.807) is 20.1 Å². The molecule has 0 aromatic rings. The first-order chi connectivity index (χ1) is 11.4. The molecule has 0 aromatic carbocycles. The first-order valence-corrected chi connectivity index (χ1v) is 8.29. The van der Waals surface area contributed by atoms with Crippen molar-refractivity contribution in [1.82, 2.24) is 0 Å². The van der Waals surface area contributed by atoms with Gasteiger partial charge in [-0.3, -0.25) is 9.59 Å². The van der Waals surface area contributed by atoms with Crippen LogP contribution in [0.4, 0.5) is 0 Å². The third kappa shape index (κ3) is 3.01. The van der Waals surface area contributed by atoms with Gasteiger partial charge in [-0.05, 0) is 33.3 Å². The van der Waals surface area contributed by atoms with Crippen molar-refractivity contribution in [3.8, 4) is 0 Å². The summed E-state index contributed by atoms with van der Waals surface area (Å²) < 4.78 is 28.3. The van der Waals surface area contributed by atoms with Crippen LogP contribution in [0.1, 0.15) is 27.2 Å². The van der Waals surface area contributed by atoms with Gasteiger partial charge in [-0.15, -0.1) is 0 Å². The predicted octanol–water partition coefficient (Wildman–Crippen LogP) is 1.20. The molecular weight excluding hydrogens is 316 g/mol. The highest BCUT2D eigenvalue weighted by molar-refractivity contribution is 6.06. The van der Waals surface area contributed by atoms with Crippen LogP contribution in [0.3, 0.4) is 0 Å². The van der Waals surface area contributed by atoms with Crippen molar-refractivity contribution in [1.29, 1.82) is 0 Å². The maximum Gasteiger partial charge on any atom is 0.317 e. The van der Waals surface area contributed by atoms with E-state index < -0.39 is 36.2 Å². The lowest BCUT2D eigenvalue weighted by Crippen LogP contribution is -2.46. The Kier molecular flexibility index (Phi) is 4.79. The third-order valence-corrected chi connectivity index (χ3v) is 4.69. The number of rotatable bonds is 4. The zero-order chi connectivity index (χ0) is 17.5. The van der Waals surface area contributed by atoms with Crippen LogP contribution < -0.4 is 0 Å². The number of methoxy groups -OCH3 is 1. The number of hydrogen-bond donors (Lipinski definition) is 0. The molecule has 2 aliphatic heterocycles. The molecule has 2 unspecified atom stereocenters. The van der Waals surface area contributed by atoms with Crippen molar-refractivity contribution in [2.75, 3.05) is 13.7 Å². The summed E-state index contributed by atoms with van der Waals surface area (Å²) >= 11 is 0. The van der Waals surface area contributed by atoms with E-state index in [-0.39, 0.29) is 24.4 Å². The monoisotopic (exact) mass is 340 g/mol. The van der Waals surface area contributed by atoms with Crippen molar-refractivity contribution in [2.45, 2.75) is 57.6 Å². The Balaban J connectivity index is 1.83. The maximum absolute atomic E-state index is 12.3.